The number of rotatable bonds is 6. The smallest absolute Gasteiger partial charge is 0.142 e. The molecule has 4 heteroatoms. The number of benzene rings is 1. The SMILES string of the molecule is Fc1cccc(CNCCCCBr)c1Cl. The first kappa shape index (κ1) is 12.9. The van der Waals surface area contributed by atoms with Gasteiger partial charge in [-0.3, -0.25) is 0 Å². The minimum Gasteiger partial charge on any atom is -0.313 e. The van der Waals surface area contributed by atoms with Crippen LogP contribution in [0.5, 0.6) is 0 Å². The molecule has 0 spiro atoms. The van der Waals surface area contributed by atoms with Crippen molar-refractivity contribution in [2.75, 3.05) is 11.9 Å². The Bertz CT molecular complexity index is 307. The Labute approximate surface area is 103 Å². The van der Waals surface area contributed by atoms with E-state index >= 15 is 0 Å². The molecule has 1 nitrogen and oxygen atoms in total. The largest absolute Gasteiger partial charge is 0.313 e. The minimum atomic E-state index is -0.351. The molecule has 0 amide bonds. The molecule has 1 aromatic carbocycles. The van der Waals surface area contributed by atoms with Crippen LogP contribution in [0.1, 0.15) is 18.4 Å². The molecule has 0 aromatic heterocycles. The van der Waals surface area contributed by atoms with E-state index in [2.05, 4.69) is 21.2 Å². The van der Waals surface area contributed by atoms with Crippen LogP contribution < -0.4 is 5.32 Å². The topological polar surface area (TPSA) is 12.0 Å². The zero-order chi connectivity index (χ0) is 11.1. The van der Waals surface area contributed by atoms with Gasteiger partial charge in [0.15, 0.2) is 0 Å². The maximum atomic E-state index is 13.0. The Morgan fingerprint density at radius 3 is 2.87 bits per heavy atom. The van der Waals surface area contributed by atoms with E-state index in [4.69, 9.17) is 11.6 Å². The number of nitrogens with one attached hydrogen (secondary N) is 1. The van der Waals surface area contributed by atoms with Crippen LogP contribution >= 0.6 is 27.5 Å². The molecule has 0 heterocycles. The van der Waals surface area contributed by atoms with Gasteiger partial charge in [0.05, 0.1) is 5.02 Å². The van der Waals surface area contributed by atoms with E-state index in [1.165, 1.54) is 6.07 Å². The van der Waals surface area contributed by atoms with Crippen molar-refractivity contribution in [2.45, 2.75) is 19.4 Å². The van der Waals surface area contributed by atoms with Crippen molar-refractivity contribution in [1.82, 2.24) is 5.32 Å². The van der Waals surface area contributed by atoms with Crippen molar-refractivity contribution in [3.8, 4) is 0 Å². The highest BCUT2D eigenvalue weighted by molar-refractivity contribution is 9.09. The van der Waals surface area contributed by atoms with E-state index in [1.807, 2.05) is 6.07 Å². The van der Waals surface area contributed by atoms with Crippen LogP contribution in [-0.2, 0) is 6.54 Å². The predicted octanol–water partition coefficient (Wildman–Crippen LogP) is 3.74. The Kier molecular flexibility index (Phi) is 6.22. The zero-order valence-corrected chi connectivity index (χ0v) is 10.7. The average Bonchev–Trinajstić information content (AvgIpc) is 2.24. The molecule has 15 heavy (non-hydrogen) atoms. The monoisotopic (exact) mass is 293 g/mol. The van der Waals surface area contributed by atoms with Crippen molar-refractivity contribution in [2.24, 2.45) is 0 Å². The summed E-state index contributed by atoms with van der Waals surface area (Å²) in [6, 6.07) is 4.89. The zero-order valence-electron chi connectivity index (χ0n) is 8.40. The maximum Gasteiger partial charge on any atom is 0.142 e. The molecule has 0 aliphatic rings. The third-order valence-electron chi connectivity index (χ3n) is 2.08. The fraction of sp³-hybridized carbons (Fsp3) is 0.455. The molecule has 84 valence electrons. The van der Waals surface area contributed by atoms with Crippen LogP contribution in [0.4, 0.5) is 4.39 Å². The van der Waals surface area contributed by atoms with Crippen LogP contribution in [0, 0.1) is 5.82 Å². The third-order valence-corrected chi connectivity index (χ3v) is 3.07. The van der Waals surface area contributed by atoms with E-state index < -0.39 is 0 Å². The van der Waals surface area contributed by atoms with Crippen molar-refractivity contribution < 1.29 is 4.39 Å². The first-order valence-electron chi connectivity index (χ1n) is 4.95. The van der Waals surface area contributed by atoms with E-state index in [-0.39, 0.29) is 10.8 Å². The summed E-state index contributed by atoms with van der Waals surface area (Å²) in [6.07, 6.45) is 2.25. The molecule has 1 aromatic rings. The molecule has 0 aliphatic heterocycles. The second kappa shape index (κ2) is 7.20. The highest BCUT2D eigenvalue weighted by Crippen LogP contribution is 2.19. The van der Waals surface area contributed by atoms with Gasteiger partial charge in [-0.05, 0) is 31.0 Å². The van der Waals surface area contributed by atoms with Crippen LogP contribution in [0.25, 0.3) is 0 Å². The molecule has 0 radical (unpaired) electrons. The Morgan fingerprint density at radius 1 is 1.33 bits per heavy atom. The summed E-state index contributed by atoms with van der Waals surface area (Å²) < 4.78 is 13.0. The molecule has 0 atom stereocenters. The molecule has 0 saturated carbocycles. The fourth-order valence-electron chi connectivity index (χ4n) is 1.25. The summed E-state index contributed by atoms with van der Waals surface area (Å²) in [5, 5.41) is 4.48. The van der Waals surface area contributed by atoms with E-state index in [0.29, 0.717) is 6.54 Å². The summed E-state index contributed by atoms with van der Waals surface area (Å²) in [4.78, 5) is 0. The highest BCUT2D eigenvalue weighted by Gasteiger charge is 2.04. The quantitative estimate of drug-likeness (QED) is 0.622. The summed E-state index contributed by atoms with van der Waals surface area (Å²) >= 11 is 9.18. The number of unbranched alkanes of at least 4 members (excludes halogenated alkanes) is 1. The number of hydrogen-bond donors (Lipinski definition) is 1. The summed E-state index contributed by atoms with van der Waals surface area (Å²) in [6.45, 7) is 1.55. The first-order valence-corrected chi connectivity index (χ1v) is 6.45. The third kappa shape index (κ3) is 4.49. The van der Waals surface area contributed by atoms with Gasteiger partial charge in [0.1, 0.15) is 5.82 Å². The lowest BCUT2D eigenvalue weighted by Crippen LogP contribution is -2.15. The summed E-state index contributed by atoms with van der Waals surface area (Å²) in [7, 11) is 0. The number of alkyl halides is 1. The van der Waals surface area contributed by atoms with E-state index in [9.17, 15) is 4.39 Å². The van der Waals surface area contributed by atoms with Crippen molar-refractivity contribution >= 4 is 27.5 Å². The molecule has 1 rings (SSSR count). The molecular weight excluding hydrogens is 280 g/mol. The van der Waals surface area contributed by atoms with Gasteiger partial charge in [-0.2, -0.15) is 0 Å². The van der Waals surface area contributed by atoms with Gasteiger partial charge >= 0.3 is 0 Å². The molecule has 0 saturated heterocycles. The van der Waals surface area contributed by atoms with Gasteiger partial charge in [-0.25, -0.2) is 4.39 Å². The van der Waals surface area contributed by atoms with Crippen LogP contribution in [0.2, 0.25) is 5.02 Å². The van der Waals surface area contributed by atoms with Gasteiger partial charge in [0.2, 0.25) is 0 Å². The lowest BCUT2D eigenvalue weighted by atomic mass is 10.2. The first-order chi connectivity index (χ1) is 7.25. The van der Waals surface area contributed by atoms with Crippen molar-refractivity contribution in [1.29, 1.82) is 0 Å². The van der Waals surface area contributed by atoms with Gasteiger partial charge in [-0.1, -0.05) is 39.7 Å². The van der Waals surface area contributed by atoms with Crippen LogP contribution in [-0.4, -0.2) is 11.9 Å². The van der Waals surface area contributed by atoms with Crippen molar-refractivity contribution in [3.05, 3.63) is 34.6 Å². The van der Waals surface area contributed by atoms with E-state index in [0.717, 1.165) is 30.3 Å². The number of halogens is 3. The second-order valence-electron chi connectivity index (χ2n) is 3.29. The summed E-state index contributed by atoms with van der Waals surface area (Å²) in [5.74, 6) is -0.351. The fourth-order valence-corrected chi connectivity index (χ4v) is 1.84. The Balaban J connectivity index is 2.34. The van der Waals surface area contributed by atoms with Crippen molar-refractivity contribution in [3.63, 3.8) is 0 Å². The molecule has 0 aliphatic carbocycles. The van der Waals surface area contributed by atoms with Crippen LogP contribution in [0.3, 0.4) is 0 Å². The Morgan fingerprint density at radius 2 is 2.13 bits per heavy atom. The molecule has 1 N–H and O–H groups in total. The van der Waals surface area contributed by atoms with E-state index in [1.54, 1.807) is 6.07 Å². The van der Waals surface area contributed by atoms with Gasteiger partial charge in [0.25, 0.3) is 0 Å². The molecular formula is C11H14BrClFN. The van der Waals surface area contributed by atoms with Gasteiger partial charge < -0.3 is 5.32 Å². The molecule has 0 unspecified atom stereocenters. The van der Waals surface area contributed by atoms with Gasteiger partial charge in [-0.15, -0.1) is 0 Å². The maximum absolute atomic E-state index is 13.0. The average molecular weight is 295 g/mol. The Hall–Kier alpha value is -0.120. The second-order valence-corrected chi connectivity index (χ2v) is 4.46. The molecule has 0 bridgehead atoms. The normalized spacial score (nSPS) is 10.6. The van der Waals surface area contributed by atoms with Crippen LogP contribution in [0.15, 0.2) is 18.2 Å². The summed E-state index contributed by atoms with van der Waals surface area (Å²) in [5.41, 5.74) is 0.815. The highest BCUT2D eigenvalue weighted by atomic mass is 79.9. The minimum absolute atomic E-state index is 0.227. The lowest BCUT2D eigenvalue weighted by Gasteiger charge is -2.06. The molecule has 0 fully saturated rings. The predicted molar refractivity (Wildman–Crippen MR) is 66.1 cm³/mol. The van der Waals surface area contributed by atoms with Gasteiger partial charge in [0, 0.05) is 11.9 Å². The lowest BCUT2D eigenvalue weighted by molar-refractivity contribution is 0.615. The standard InChI is InChI=1S/C11H14BrClFN/c12-6-1-2-7-15-8-9-4-3-5-10(14)11(9)13/h3-5,15H,1-2,6-8H2. The number of hydrogen-bond acceptors (Lipinski definition) is 1.